The van der Waals surface area contributed by atoms with Crippen molar-refractivity contribution in [2.24, 2.45) is 0 Å². The topological polar surface area (TPSA) is 114 Å². The summed E-state index contributed by atoms with van der Waals surface area (Å²) in [5, 5.41) is 9.32. The summed E-state index contributed by atoms with van der Waals surface area (Å²) in [4.78, 5) is 38.8. The zero-order valence-corrected chi connectivity index (χ0v) is 16.9. The van der Waals surface area contributed by atoms with Gasteiger partial charge in [0.15, 0.2) is 5.82 Å². The van der Waals surface area contributed by atoms with Gasteiger partial charge in [0.1, 0.15) is 5.76 Å². The van der Waals surface area contributed by atoms with Crippen LogP contribution in [0.4, 0.5) is 5.82 Å². The number of nitrogens with one attached hydrogen (secondary N) is 2. The van der Waals surface area contributed by atoms with Crippen LogP contribution in [0.2, 0.25) is 0 Å². The van der Waals surface area contributed by atoms with Crippen molar-refractivity contribution in [3.8, 4) is 0 Å². The fourth-order valence-electron chi connectivity index (χ4n) is 3.81. The highest BCUT2D eigenvalue weighted by atomic mass is 16.5. The number of amides is 3. The maximum Gasteiger partial charge on any atom is 0.239 e. The second kappa shape index (κ2) is 10.4. The van der Waals surface area contributed by atoms with E-state index >= 15 is 0 Å². The molecule has 1 atom stereocenters. The first kappa shape index (κ1) is 21.3. The third-order valence-corrected chi connectivity index (χ3v) is 5.32. The number of aryl methyl sites for hydroxylation is 1. The molecule has 2 aliphatic rings. The molecule has 2 fully saturated rings. The van der Waals surface area contributed by atoms with Crippen molar-refractivity contribution in [3.05, 3.63) is 11.8 Å². The van der Waals surface area contributed by atoms with Crippen LogP contribution in [0.1, 0.15) is 57.1 Å². The Balaban J connectivity index is 1.49. The Morgan fingerprint density at radius 2 is 1.93 bits per heavy atom. The minimum Gasteiger partial charge on any atom is -0.376 e. The lowest BCUT2D eigenvalue weighted by molar-refractivity contribution is -0.138. The zero-order valence-electron chi connectivity index (χ0n) is 16.9. The lowest BCUT2D eigenvalue weighted by Crippen LogP contribution is -2.46. The van der Waals surface area contributed by atoms with Crippen molar-refractivity contribution >= 4 is 23.5 Å². The van der Waals surface area contributed by atoms with Crippen molar-refractivity contribution in [1.29, 1.82) is 0 Å². The van der Waals surface area contributed by atoms with Crippen molar-refractivity contribution in [1.82, 2.24) is 15.4 Å². The van der Waals surface area contributed by atoms with Crippen molar-refractivity contribution in [2.45, 2.75) is 70.4 Å². The Bertz CT molecular complexity index is 707. The fraction of sp³-hybridized carbons (Fsp3) is 0.700. The number of anilines is 1. The molecule has 0 unspecified atom stereocenters. The largest absolute Gasteiger partial charge is 0.376 e. The van der Waals surface area contributed by atoms with Crippen molar-refractivity contribution in [3.63, 3.8) is 0 Å². The van der Waals surface area contributed by atoms with Crippen LogP contribution in [0.3, 0.4) is 0 Å². The molecule has 0 spiro atoms. The number of rotatable bonds is 9. The summed E-state index contributed by atoms with van der Waals surface area (Å²) in [6, 6.07) is 1.82. The van der Waals surface area contributed by atoms with Crippen LogP contribution in [0, 0.1) is 6.92 Å². The average Bonchev–Trinajstić information content (AvgIpc) is 3.43. The number of carbonyl (C=O) groups excluding carboxylic acids is 3. The van der Waals surface area contributed by atoms with E-state index in [1.54, 1.807) is 13.0 Å². The van der Waals surface area contributed by atoms with E-state index in [0.717, 1.165) is 38.5 Å². The number of hydrogen-bond donors (Lipinski definition) is 2. The Morgan fingerprint density at radius 3 is 2.59 bits per heavy atom. The van der Waals surface area contributed by atoms with Crippen LogP contribution >= 0.6 is 0 Å². The lowest BCUT2D eigenvalue weighted by atomic mass is 10.2. The number of aromatic nitrogens is 1. The lowest BCUT2D eigenvalue weighted by Gasteiger charge is -2.25. The molecule has 3 amide bonds. The Morgan fingerprint density at radius 1 is 1.14 bits per heavy atom. The SMILES string of the molecule is Cc1cc(NC(=O)CCC(=O)N(CC(=O)NC2CCCC2)C[C@@H]2CCCO2)no1. The van der Waals surface area contributed by atoms with Gasteiger partial charge in [-0.2, -0.15) is 0 Å². The smallest absolute Gasteiger partial charge is 0.239 e. The average molecular weight is 406 g/mol. The van der Waals surface area contributed by atoms with Gasteiger partial charge in [-0.05, 0) is 32.6 Å². The van der Waals surface area contributed by atoms with Crippen molar-refractivity contribution in [2.75, 3.05) is 25.0 Å². The predicted molar refractivity (Wildman–Crippen MR) is 105 cm³/mol. The summed E-state index contributed by atoms with van der Waals surface area (Å²) in [6.45, 7) is 2.78. The van der Waals surface area contributed by atoms with Gasteiger partial charge in [0.2, 0.25) is 17.7 Å². The maximum absolute atomic E-state index is 12.7. The minimum atomic E-state index is -0.320. The number of ether oxygens (including phenoxy) is 1. The van der Waals surface area contributed by atoms with Crippen LogP contribution in [-0.4, -0.2) is 59.6 Å². The minimum absolute atomic E-state index is 0.000701. The first-order chi connectivity index (χ1) is 14.0. The molecule has 1 saturated carbocycles. The molecule has 0 aromatic carbocycles. The molecule has 1 aliphatic heterocycles. The summed E-state index contributed by atoms with van der Waals surface area (Å²) in [5.41, 5.74) is 0. The summed E-state index contributed by atoms with van der Waals surface area (Å²) in [7, 11) is 0. The second-order valence-electron chi connectivity index (χ2n) is 7.83. The highest BCUT2D eigenvalue weighted by molar-refractivity contribution is 5.93. The summed E-state index contributed by atoms with van der Waals surface area (Å²) >= 11 is 0. The van der Waals surface area contributed by atoms with E-state index in [4.69, 9.17) is 9.26 Å². The number of nitrogens with zero attached hydrogens (tertiary/aromatic N) is 2. The molecule has 9 nitrogen and oxygen atoms in total. The van der Waals surface area contributed by atoms with Gasteiger partial charge in [-0.1, -0.05) is 18.0 Å². The van der Waals surface area contributed by atoms with E-state index < -0.39 is 0 Å². The third-order valence-electron chi connectivity index (χ3n) is 5.32. The summed E-state index contributed by atoms with van der Waals surface area (Å²) in [6.07, 6.45) is 6.06. The van der Waals surface area contributed by atoms with Crippen LogP contribution in [0.25, 0.3) is 0 Å². The molecule has 1 aromatic heterocycles. The quantitative estimate of drug-likeness (QED) is 0.646. The van der Waals surface area contributed by atoms with Gasteiger partial charge in [0, 0.05) is 38.1 Å². The van der Waals surface area contributed by atoms with E-state index in [-0.39, 0.29) is 49.3 Å². The highest BCUT2D eigenvalue weighted by Gasteiger charge is 2.26. The molecule has 9 heteroatoms. The Labute approximate surface area is 170 Å². The molecule has 29 heavy (non-hydrogen) atoms. The molecular formula is C20H30N4O5. The maximum atomic E-state index is 12.7. The van der Waals surface area contributed by atoms with E-state index in [0.29, 0.717) is 24.7 Å². The van der Waals surface area contributed by atoms with Crippen LogP contribution in [0.5, 0.6) is 0 Å². The van der Waals surface area contributed by atoms with Crippen molar-refractivity contribution < 1.29 is 23.6 Å². The van der Waals surface area contributed by atoms with E-state index in [1.807, 2.05) is 0 Å². The predicted octanol–water partition coefficient (Wildman–Crippen LogP) is 1.77. The van der Waals surface area contributed by atoms with E-state index in [1.165, 1.54) is 4.90 Å². The second-order valence-corrected chi connectivity index (χ2v) is 7.83. The monoisotopic (exact) mass is 406 g/mol. The Hall–Kier alpha value is -2.42. The summed E-state index contributed by atoms with van der Waals surface area (Å²) < 4.78 is 10.5. The number of hydrogen-bond acceptors (Lipinski definition) is 6. The van der Waals surface area contributed by atoms with Gasteiger partial charge < -0.3 is 24.8 Å². The molecule has 3 rings (SSSR count). The highest BCUT2D eigenvalue weighted by Crippen LogP contribution is 2.18. The van der Waals surface area contributed by atoms with Crippen LogP contribution < -0.4 is 10.6 Å². The van der Waals surface area contributed by atoms with Gasteiger partial charge in [-0.25, -0.2) is 0 Å². The van der Waals surface area contributed by atoms with Gasteiger partial charge in [0.25, 0.3) is 0 Å². The fourth-order valence-corrected chi connectivity index (χ4v) is 3.81. The molecule has 2 heterocycles. The normalized spacial score (nSPS) is 19.3. The zero-order chi connectivity index (χ0) is 20.6. The van der Waals surface area contributed by atoms with Crippen LogP contribution in [0.15, 0.2) is 10.6 Å². The Kier molecular flexibility index (Phi) is 7.62. The van der Waals surface area contributed by atoms with Crippen LogP contribution in [-0.2, 0) is 19.1 Å². The van der Waals surface area contributed by atoms with E-state index in [9.17, 15) is 14.4 Å². The van der Waals surface area contributed by atoms with E-state index in [2.05, 4.69) is 15.8 Å². The molecule has 1 aliphatic carbocycles. The molecule has 1 saturated heterocycles. The number of carbonyl (C=O) groups is 3. The summed E-state index contributed by atoms with van der Waals surface area (Å²) in [5.74, 6) is 0.220. The van der Waals surface area contributed by atoms with Gasteiger partial charge in [-0.15, -0.1) is 0 Å². The third kappa shape index (κ3) is 6.85. The molecule has 0 radical (unpaired) electrons. The first-order valence-corrected chi connectivity index (χ1v) is 10.4. The molecule has 0 bridgehead atoms. The standard InChI is InChI=1S/C20H30N4O5/c1-14-11-17(23-29-14)22-18(25)8-9-20(27)24(12-16-7-4-10-28-16)13-19(26)21-15-5-2-3-6-15/h11,15-16H,2-10,12-13H2,1H3,(H,21,26)(H,22,23,25)/t16-/m0/s1. The van der Waals surface area contributed by atoms with Gasteiger partial charge in [-0.3, -0.25) is 14.4 Å². The first-order valence-electron chi connectivity index (χ1n) is 10.4. The van der Waals surface area contributed by atoms with Gasteiger partial charge in [0.05, 0.1) is 12.6 Å². The van der Waals surface area contributed by atoms with Gasteiger partial charge >= 0.3 is 0 Å². The molecule has 160 valence electrons. The molecular weight excluding hydrogens is 376 g/mol. The molecule has 1 aromatic rings. The molecule has 2 N–H and O–H groups in total.